The topological polar surface area (TPSA) is 81.3 Å². The summed E-state index contributed by atoms with van der Waals surface area (Å²) in [5.74, 6) is 0.598. The number of halogens is 1. The highest BCUT2D eigenvalue weighted by molar-refractivity contribution is 6.30. The first-order chi connectivity index (χ1) is 15.0. The molecule has 0 saturated carbocycles. The molecule has 7 heteroatoms. The molecule has 4 rings (SSSR count). The maximum Gasteiger partial charge on any atom is 0.223 e. The van der Waals surface area contributed by atoms with Gasteiger partial charge in [-0.1, -0.05) is 23.7 Å². The number of aryl methyl sites for hydroxylation is 2. The quantitative estimate of drug-likeness (QED) is 0.647. The maximum atomic E-state index is 12.8. The largest absolute Gasteiger partial charge is 0.384 e. The molecule has 1 aliphatic rings. The van der Waals surface area contributed by atoms with Crippen molar-refractivity contribution >= 4 is 23.3 Å². The van der Waals surface area contributed by atoms with E-state index in [9.17, 15) is 4.79 Å². The predicted molar refractivity (Wildman–Crippen MR) is 122 cm³/mol. The monoisotopic (exact) mass is 436 g/mol. The van der Waals surface area contributed by atoms with Crippen LogP contribution in [-0.4, -0.2) is 40.5 Å². The van der Waals surface area contributed by atoms with E-state index >= 15 is 0 Å². The van der Waals surface area contributed by atoms with Crippen LogP contribution in [-0.2, 0) is 16.0 Å². The molecule has 3 heterocycles. The average molecular weight is 437 g/mol. The number of carbonyl (C=O) groups is 1. The van der Waals surface area contributed by atoms with Crippen LogP contribution in [0.1, 0.15) is 29.5 Å². The minimum absolute atomic E-state index is 0.115. The third-order valence-electron chi connectivity index (χ3n) is 5.36. The summed E-state index contributed by atoms with van der Waals surface area (Å²) in [6.07, 6.45) is 2.60. The van der Waals surface area contributed by atoms with E-state index in [1.54, 1.807) is 12.3 Å². The molecule has 1 amide bonds. The van der Waals surface area contributed by atoms with Crippen LogP contribution >= 0.6 is 11.6 Å². The molecule has 31 heavy (non-hydrogen) atoms. The van der Waals surface area contributed by atoms with Gasteiger partial charge >= 0.3 is 0 Å². The molecule has 1 fully saturated rings. The van der Waals surface area contributed by atoms with Crippen LogP contribution in [0, 0.1) is 6.92 Å². The number of hydrogen-bond acceptors (Lipinski definition) is 5. The van der Waals surface area contributed by atoms with E-state index in [4.69, 9.17) is 22.1 Å². The molecule has 0 aliphatic carbocycles. The van der Waals surface area contributed by atoms with Crippen LogP contribution in [0.4, 0.5) is 5.82 Å². The van der Waals surface area contributed by atoms with Crippen LogP contribution in [0.15, 0.2) is 54.7 Å². The van der Waals surface area contributed by atoms with E-state index in [2.05, 4.69) is 9.97 Å². The fourth-order valence-corrected chi connectivity index (χ4v) is 3.97. The van der Waals surface area contributed by atoms with Crippen molar-refractivity contribution < 1.29 is 9.53 Å². The lowest BCUT2D eigenvalue weighted by atomic mass is 10.0. The Morgan fingerprint density at radius 3 is 2.87 bits per heavy atom. The molecule has 1 saturated heterocycles. The molecular formula is C24H25ClN4O2. The molecule has 1 aromatic carbocycles. The Labute approximate surface area is 187 Å². The molecule has 1 aliphatic heterocycles. The number of benzene rings is 1. The standard InChI is InChI=1S/C24H25ClN4O2/c1-16-11-19(18-6-7-23(26)27-14-18)13-21(28-16)22-15-29(9-10-31-22)24(30)8-5-17-3-2-4-20(25)12-17/h2-4,6-7,11-14,22H,5,8-10,15H2,1H3,(H2,26,27)/t22-/m0/s1. The Bertz CT molecular complexity index is 1070. The van der Waals surface area contributed by atoms with Gasteiger partial charge in [-0.15, -0.1) is 0 Å². The Kier molecular flexibility index (Phi) is 6.49. The molecule has 2 aromatic heterocycles. The fraction of sp³-hybridized carbons (Fsp3) is 0.292. The number of nitrogens with zero attached hydrogens (tertiary/aromatic N) is 3. The molecule has 6 nitrogen and oxygen atoms in total. The van der Waals surface area contributed by atoms with Crippen molar-refractivity contribution in [2.45, 2.75) is 25.9 Å². The van der Waals surface area contributed by atoms with Gasteiger partial charge < -0.3 is 15.4 Å². The second-order valence-corrected chi connectivity index (χ2v) is 8.16. The molecule has 0 spiro atoms. The number of morpholine rings is 1. The van der Waals surface area contributed by atoms with Crippen LogP contribution in [0.25, 0.3) is 11.1 Å². The molecule has 0 unspecified atom stereocenters. The summed E-state index contributed by atoms with van der Waals surface area (Å²) in [7, 11) is 0. The summed E-state index contributed by atoms with van der Waals surface area (Å²) in [4.78, 5) is 23.5. The van der Waals surface area contributed by atoms with Crippen LogP contribution in [0.3, 0.4) is 0 Å². The summed E-state index contributed by atoms with van der Waals surface area (Å²) in [5.41, 5.74) is 10.4. The first-order valence-corrected chi connectivity index (χ1v) is 10.7. The van der Waals surface area contributed by atoms with Crippen molar-refractivity contribution in [1.29, 1.82) is 0 Å². The van der Waals surface area contributed by atoms with Crippen molar-refractivity contribution in [2.75, 3.05) is 25.4 Å². The Balaban J connectivity index is 1.45. The van der Waals surface area contributed by atoms with Gasteiger partial charge in [-0.05, 0) is 60.9 Å². The number of aromatic nitrogens is 2. The predicted octanol–water partition coefficient (Wildman–Crippen LogP) is 4.22. The maximum absolute atomic E-state index is 12.8. The summed E-state index contributed by atoms with van der Waals surface area (Å²) in [6.45, 7) is 3.52. The summed E-state index contributed by atoms with van der Waals surface area (Å²) in [6, 6.07) is 15.4. The molecule has 0 radical (unpaired) electrons. The smallest absolute Gasteiger partial charge is 0.223 e. The van der Waals surface area contributed by atoms with Crippen LogP contribution in [0.5, 0.6) is 0 Å². The zero-order valence-electron chi connectivity index (χ0n) is 17.4. The molecule has 1 atom stereocenters. The van der Waals surface area contributed by atoms with Crippen molar-refractivity contribution in [3.63, 3.8) is 0 Å². The first-order valence-electron chi connectivity index (χ1n) is 10.3. The van der Waals surface area contributed by atoms with E-state index in [-0.39, 0.29) is 12.0 Å². The normalized spacial score (nSPS) is 16.3. The van der Waals surface area contributed by atoms with E-state index in [0.717, 1.165) is 28.1 Å². The number of anilines is 1. The zero-order chi connectivity index (χ0) is 21.8. The van der Waals surface area contributed by atoms with E-state index < -0.39 is 0 Å². The molecule has 160 valence electrons. The van der Waals surface area contributed by atoms with Gasteiger partial charge in [0.1, 0.15) is 11.9 Å². The number of hydrogen-bond donors (Lipinski definition) is 1. The van der Waals surface area contributed by atoms with Gasteiger partial charge in [0.2, 0.25) is 5.91 Å². The minimum atomic E-state index is -0.260. The van der Waals surface area contributed by atoms with Gasteiger partial charge in [-0.3, -0.25) is 9.78 Å². The third kappa shape index (κ3) is 5.40. The van der Waals surface area contributed by atoms with Gasteiger partial charge in [0.15, 0.2) is 0 Å². The number of amides is 1. The molecule has 0 bridgehead atoms. The average Bonchev–Trinajstić information content (AvgIpc) is 2.78. The number of nitrogen functional groups attached to an aromatic ring is 1. The zero-order valence-corrected chi connectivity index (χ0v) is 18.2. The Hall–Kier alpha value is -2.96. The highest BCUT2D eigenvalue weighted by atomic mass is 35.5. The van der Waals surface area contributed by atoms with Crippen molar-refractivity contribution in [3.8, 4) is 11.1 Å². The summed E-state index contributed by atoms with van der Waals surface area (Å²) >= 11 is 6.04. The third-order valence-corrected chi connectivity index (χ3v) is 5.59. The fourth-order valence-electron chi connectivity index (χ4n) is 3.76. The van der Waals surface area contributed by atoms with E-state index in [1.165, 1.54) is 0 Å². The Morgan fingerprint density at radius 2 is 2.10 bits per heavy atom. The van der Waals surface area contributed by atoms with E-state index in [1.807, 2.05) is 54.3 Å². The lowest BCUT2D eigenvalue weighted by Crippen LogP contribution is -2.42. The van der Waals surface area contributed by atoms with Gasteiger partial charge in [0.25, 0.3) is 0 Å². The first kappa shape index (κ1) is 21.3. The highest BCUT2D eigenvalue weighted by Crippen LogP contribution is 2.27. The van der Waals surface area contributed by atoms with Gasteiger partial charge in [0, 0.05) is 35.4 Å². The molecular weight excluding hydrogens is 412 g/mol. The van der Waals surface area contributed by atoms with Gasteiger partial charge in [-0.25, -0.2) is 4.98 Å². The van der Waals surface area contributed by atoms with E-state index in [0.29, 0.717) is 43.4 Å². The Morgan fingerprint density at radius 1 is 1.23 bits per heavy atom. The SMILES string of the molecule is Cc1cc(-c2ccc(N)nc2)cc([C@@H]2CN(C(=O)CCc3cccc(Cl)c3)CCO2)n1. The summed E-state index contributed by atoms with van der Waals surface area (Å²) in [5, 5.41) is 0.689. The lowest BCUT2D eigenvalue weighted by Gasteiger charge is -2.33. The van der Waals surface area contributed by atoms with Crippen LogP contribution < -0.4 is 5.73 Å². The van der Waals surface area contributed by atoms with Crippen LogP contribution in [0.2, 0.25) is 5.02 Å². The minimum Gasteiger partial charge on any atom is -0.384 e. The van der Waals surface area contributed by atoms with Gasteiger partial charge in [-0.2, -0.15) is 0 Å². The number of rotatable bonds is 5. The highest BCUT2D eigenvalue weighted by Gasteiger charge is 2.26. The van der Waals surface area contributed by atoms with Crippen molar-refractivity contribution in [2.24, 2.45) is 0 Å². The van der Waals surface area contributed by atoms with Crippen molar-refractivity contribution in [1.82, 2.24) is 14.9 Å². The lowest BCUT2D eigenvalue weighted by molar-refractivity contribution is -0.139. The number of ether oxygens (including phenoxy) is 1. The second kappa shape index (κ2) is 9.45. The number of nitrogens with two attached hydrogens (primary N) is 1. The number of pyridine rings is 2. The second-order valence-electron chi connectivity index (χ2n) is 7.72. The van der Waals surface area contributed by atoms with Crippen molar-refractivity contribution in [3.05, 3.63) is 76.7 Å². The van der Waals surface area contributed by atoms with Gasteiger partial charge in [0.05, 0.1) is 18.8 Å². The molecule has 3 aromatic rings. The number of carbonyl (C=O) groups excluding carboxylic acids is 1. The summed E-state index contributed by atoms with van der Waals surface area (Å²) < 4.78 is 5.98. The molecule has 2 N–H and O–H groups in total.